The minimum Gasteiger partial charge on any atom is -0.386 e. The second kappa shape index (κ2) is 11.1. The molecule has 35 heavy (non-hydrogen) atoms. The number of thiophene rings is 1. The number of aliphatic hydroxyl groups excluding tert-OH is 1. The molecule has 0 aliphatic rings. The van der Waals surface area contributed by atoms with Crippen molar-refractivity contribution in [3.05, 3.63) is 106 Å². The van der Waals surface area contributed by atoms with Crippen molar-refractivity contribution in [2.45, 2.75) is 44.0 Å². The molecule has 2 unspecified atom stereocenters. The van der Waals surface area contributed by atoms with Gasteiger partial charge >= 0.3 is 6.18 Å². The van der Waals surface area contributed by atoms with Crippen LogP contribution in [0.3, 0.4) is 0 Å². The lowest BCUT2D eigenvalue weighted by Gasteiger charge is -2.26. The lowest BCUT2D eigenvalue weighted by atomic mass is 9.92. The molecule has 0 fully saturated rings. The molecule has 2 atom stereocenters. The van der Waals surface area contributed by atoms with Gasteiger partial charge < -0.3 is 10.4 Å². The van der Waals surface area contributed by atoms with Gasteiger partial charge in [-0.05, 0) is 64.7 Å². The fraction of sp³-hybridized carbons (Fsp3) is 0.250. The van der Waals surface area contributed by atoms with Crippen molar-refractivity contribution in [2.24, 2.45) is 0 Å². The molecule has 1 heterocycles. The molecule has 0 bridgehead atoms. The van der Waals surface area contributed by atoms with E-state index in [1.807, 2.05) is 60.0 Å². The SMILES string of the molecule is O=C(CCCc1cccs1)NC(Cc1ccc(C(F)(F)F)cc1)C(O)c1cccc2ccccc12. The first-order valence-corrected chi connectivity index (χ1v) is 12.3. The highest BCUT2D eigenvalue weighted by molar-refractivity contribution is 7.09. The summed E-state index contributed by atoms with van der Waals surface area (Å²) in [5, 5.41) is 18.1. The highest BCUT2D eigenvalue weighted by Gasteiger charge is 2.30. The molecule has 3 aromatic carbocycles. The fourth-order valence-corrected chi connectivity index (χ4v) is 4.96. The van der Waals surface area contributed by atoms with Crippen molar-refractivity contribution in [1.29, 1.82) is 0 Å². The monoisotopic (exact) mass is 497 g/mol. The third-order valence-electron chi connectivity index (χ3n) is 6.01. The molecule has 0 saturated carbocycles. The summed E-state index contributed by atoms with van der Waals surface area (Å²) in [5.74, 6) is -0.197. The molecule has 2 N–H and O–H groups in total. The van der Waals surface area contributed by atoms with Crippen molar-refractivity contribution in [3.8, 4) is 0 Å². The molecular weight excluding hydrogens is 471 g/mol. The summed E-state index contributed by atoms with van der Waals surface area (Å²) in [6.07, 6.45) is -3.51. The molecule has 0 radical (unpaired) electrons. The summed E-state index contributed by atoms with van der Waals surface area (Å²) in [7, 11) is 0. The molecule has 0 spiro atoms. The minimum absolute atomic E-state index is 0.194. The zero-order valence-electron chi connectivity index (χ0n) is 19.0. The summed E-state index contributed by atoms with van der Waals surface area (Å²) >= 11 is 1.64. The standard InChI is InChI=1S/C28H26F3NO2S/c29-28(30,31)21-15-13-19(14-16-21)18-25(32-26(33)12-4-8-22-9-5-17-35-22)27(34)24-11-3-7-20-6-1-2-10-23(20)24/h1-3,5-7,9-11,13-17,25,27,34H,4,8,12,18H2,(H,32,33). The zero-order chi connectivity index (χ0) is 24.8. The van der Waals surface area contributed by atoms with E-state index in [-0.39, 0.29) is 12.3 Å². The Hall–Kier alpha value is -3.16. The molecule has 182 valence electrons. The summed E-state index contributed by atoms with van der Waals surface area (Å²) in [4.78, 5) is 14.0. The number of rotatable bonds is 9. The number of nitrogens with one attached hydrogen (secondary N) is 1. The smallest absolute Gasteiger partial charge is 0.386 e. The molecular formula is C28H26F3NO2S. The maximum absolute atomic E-state index is 13.0. The van der Waals surface area contributed by atoms with Crippen LogP contribution >= 0.6 is 11.3 Å². The molecule has 4 rings (SSSR count). The molecule has 1 amide bonds. The Labute approximate surface area is 206 Å². The second-order valence-corrected chi connectivity index (χ2v) is 9.55. The van der Waals surface area contributed by atoms with Crippen LogP contribution < -0.4 is 5.32 Å². The van der Waals surface area contributed by atoms with E-state index in [9.17, 15) is 23.1 Å². The molecule has 0 aliphatic heterocycles. The van der Waals surface area contributed by atoms with Gasteiger partial charge in [-0.2, -0.15) is 13.2 Å². The lowest BCUT2D eigenvalue weighted by Crippen LogP contribution is -2.41. The van der Waals surface area contributed by atoms with Crippen LogP contribution in [0.1, 0.15) is 40.5 Å². The summed E-state index contributed by atoms with van der Waals surface area (Å²) in [5.41, 5.74) is 0.532. The number of aryl methyl sites for hydroxylation is 1. The van der Waals surface area contributed by atoms with Crippen LogP contribution in [-0.4, -0.2) is 17.1 Å². The highest BCUT2D eigenvalue weighted by Crippen LogP contribution is 2.31. The number of carbonyl (C=O) groups excluding carboxylic acids is 1. The number of alkyl halides is 3. The summed E-state index contributed by atoms with van der Waals surface area (Å²) < 4.78 is 38.9. The number of benzene rings is 3. The van der Waals surface area contributed by atoms with Crippen molar-refractivity contribution in [3.63, 3.8) is 0 Å². The molecule has 1 aromatic heterocycles. The maximum Gasteiger partial charge on any atom is 0.416 e. The first-order chi connectivity index (χ1) is 16.8. The van der Waals surface area contributed by atoms with Crippen LogP contribution in [0.15, 0.2) is 84.2 Å². The first-order valence-electron chi connectivity index (χ1n) is 11.4. The van der Waals surface area contributed by atoms with Crippen LogP contribution in [0.4, 0.5) is 13.2 Å². The fourth-order valence-electron chi connectivity index (χ4n) is 4.21. The minimum atomic E-state index is -4.42. The molecule has 0 saturated heterocycles. The van der Waals surface area contributed by atoms with E-state index < -0.39 is 23.9 Å². The van der Waals surface area contributed by atoms with Gasteiger partial charge in [-0.15, -0.1) is 11.3 Å². The normalized spacial score (nSPS) is 13.5. The zero-order valence-corrected chi connectivity index (χ0v) is 19.8. The largest absolute Gasteiger partial charge is 0.416 e. The maximum atomic E-state index is 13.0. The van der Waals surface area contributed by atoms with Gasteiger partial charge in [0.05, 0.1) is 11.6 Å². The van der Waals surface area contributed by atoms with E-state index in [0.717, 1.165) is 29.3 Å². The van der Waals surface area contributed by atoms with Crippen molar-refractivity contribution in [1.82, 2.24) is 5.32 Å². The van der Waals surface area contributed by atoms with E-state index >= 15 is 0 Å². The second-order valence-electron chi connectivity index (χ2n) is 8.52. The van der Waals surface area contributed by atoms with Gasteiger partial charge in [0, 0.05) is 11.3 Å². The summed E-state index contributed by atoms with van der Waals surface area (Å²) in [6, 6.07) is 21.4. The average Bonchev–Trinajstić information content (AvgIpc) is 3.36. The van der Waals surface area contributed by atoms with Crippen LogP contribution in [0.5, 0.6) is 0 Å². The van der Waals surface area contributed by atoms with Crippen LogP contribution in [-0.2, 0) is 23.8 Å². The lowest BCUT2D eigenvalue weighted by molar-refractivity contribution is -0.137. The number of amides is 1. The van der Waals surface area contributed by atoms with Gasteiger partial charge in [-0.1, -0.05) is 60.7 Å². The Kier molecular flexibility index (Phi) is 7.88. The first kappa shape index (κ1) is 24.9. The number of aliphatic hydroxyl groups is 1. The van der Waals surface area contributed by atoms with Gasteiger partial charge in [-0.25, -0.2) is 0 Å². The highest BCUT2D eigenvalue weighted by atomic mass is 32.1. The van der Waals surface area contributed by atoms with E-state index in [2.05, 4.69) is 5.32 Å². The van der Waals surface area contributed by atoms with Crippen LogP contribution in [0, 0.1) is 0 Å². The molecule has 7 heteroatoms. The topological polar surface area (TPSA) is 49.3 Å². The number of hydrogen-bond acceptors (Lipinski definition) is 3. The quantitative estimate of drug-likeness (QED) is 0.270. The third-order valence-corrected chi connectivity index (χ3v) is 6.95. The van der Waals surface area contributed by atoms with Crippen LogP contribution in [0.2, 0.25) is 0 Å². The van der Waals surface area contributed by atoms with Crippen molar-refractivity contribution in [2.75, 3.05) is 0 Å². The van der Waals surface area contributed by atoms with E-state index in [1.54, 1.807) is 11.3 Å². The predicted molar refractivity (Wildman–Crippen MR) is 133 cm³/mol. The van der Waals surface area contributed by atoms with E-state index in [1.165, 1.54) is 17.0 Å². The van der Waals surface area contributed by atoms with Gasteiger partial charge in [0.15, 0.2) is 0 Å². The van der Waals surface area contributed by atoms with Crippen molar-refractivity contribution >= 4 is 28.0 Å². The number of carbonyl (C=O) groups is 1. The van der Waals surface area contributed by atoms with Gasteiger partial charge in [0.25, 0.3) is 0 Å². The van der Waals surface area contributed by atoms with Gasteiger partial charge in [0.2, 0.25) is 5.91 Å². The Morgan fingerprint density at radius 2 is 1.69 bits per heavy atom. The van der Waals surface area contributed by atoms with Gasteiger partial charge in [0.1, 0.15) is 6.10 Å². The van der Waals surface area contributed by atoms with E-state index in [4.69, 9.17) is 0 Å². The molecule has 4 aromatic rings. The van der Waals surface area contributed by atoms with Crippen molar-refractivity contribution < 1.29 is 23.1 Å². The number of halogens is 3. The number of hydrogen-bond donors (Lipinski definition) is 2. The Morgan fingerprint density at radius 1 is 0.943 bits per heavy atom. The predicted octanol–water partition coefficient (Wildman–Crippen LogP) is 6.70. The Morgan fingerprint density at radius 3 is 2.40 bits per heavy atom. The number of fused-ring (bicyclic) bond motifs is 1. The molecule has 3 nitrogen and oxygen atoms in total. The Bertz CT molecular complexity index is 1250. The molecule has 0 aliphatic carbocycles. The summed E-state index contributed by atoms with van der Waals surface area (Å²) in [6.45, 7) is 0. The average molecular weight is 498 g/mol. The van der Waals surface area contributed by atoms with Gasteiger partial charge in [-0.3, -0.25) is 4.79 Å². The van der Waals surface area contributed by atoms with E-state index in [0.29, 0.717) is 24.0 Å². The Balaban J connectivity index is 1.53. The third kappa shape index (κ3) is 6.50. The van der Waals surface area contributed by atoms with Crippen LogP contribution in [0.25, 0.3) is 10.8 Å².